The standard InChI is InChI=1S/C19H18F3N5O/c1-12-4-5-13(19(20,21)22)10-14(12)25-17(28)27-18(7-2-3-8-18)15-6-9-24-16(11-23)26-15/h4-6,9-10H,2-3,7-8H2,1H3,(H2,25,27,28). The number of hydrogen-bond acceptors (Lipinski definition) is 4. The fourth-order valence-electron chi connectivity index (χ4n) is 3.41. The summed E-state index contributed by atoms with van der Waals surface area (Å²) >= 11 is 0. The van der Waals surface area contributed by atoms with E-state index < -0.39 is 23.3 Å². The van der Waals surface area contributed by atoms with Crippen molar-refractivity contribution >= 4 is 11.7 Å². The molecule has 1 aliphatic rings. The van der Waals surface area contributed by atoms with Crippen molar-refractivity contribution < 1.29 is 18.0 Å². The van der Waals surface area contributed by atoms with E-state index in [9.17, 15) is 18.0 Å². The molecule has 2 N–H and O–H groups in total. The van der Waals surface area contributed by atoms with E-state index >= 15 is 0 Å². The van der Waals surface area contributed by atoms with E-state index in [-0.39, 0.29) is 11.5 Å². The highest BCUT2D eigenvalue weighted by molar-refractivity contribution is 5.90. The zero-order chi connectivity index (χ0) is 20.4. The number of aromatic nitrogens is 2. The number of nitrogens with one attached hydrogen (secondary N) is 2. The van der Waals surface area contributed by atoms with E-state index in [4.69, 9.17) is 5.26 Å². The van der Waals surface area contributed by atoms with Crippen LogP contribution in [-0.4, -0.2) is 16.0 Å². The van der Waals surface area contributed by atoms with Gasteiger partial charge in [-0.3, -0.25) is 0 Å². The zero-order valence-electron chi connectivity index (χ0n) is 15.1. The third-order valence-corrected chi connectivity index (χ3v) is 4.87. The van der Waals surface area contributed by atoms with Crippen molar-refractivity contribution in [3.63, 3.8) is 0 Å². The Hall–Kier alpha value is -3.15. The normalized spacial score (nSPS) is 15.7. The largest absolute Gasteiger partial charge is 0.416 e. The van der Waals surface area contributed by atoms with Crippen molar-refractivity contribution in [1.82, 2.24) is 15.3 Å². The van der Waals surface area contributed by atoms with Gasteiger partial charge in [0.15, 0.2) is 0 Å². The number of amides is 2. The van der Waals surface area contributed by atoms with Crippen molar-refractivity contribution in [2.24, 2.45) is 0 Å². The molecule has 2 amide bonds. The quantitative estimate of drug-likeness (QED) is 0.820. The van der Waals surface area contributed by atoms with E-state index in [1.165, 1.54) is 12.3 Å². The van der Waals surface area contributed by atoms with Crippen LogP contribution < -0.4 is 10.6 Å². The van der Waals surface area contributed by atoms with Gasteiger partial charge in [-0.05, 0) is 43.5 Å². The predicted octanol–water partition coefficient (Wildman–Crippen LogP) is 4.27. The van der Waals surface area contributed by atoms with Crippen molar-refractivity contribution in [2.45, 2.75) is 44.3 Å². The van der Waals surface area contributed by atoms with Crippen LogP contribution >= 0.6 is 0 Å². The highest BCUT2D eigenvalue weighted by atomic mass is 19.4. The van der Waals surface area contributed by atoms with Crippen LogP contribution in [0.4, 0.5) is 23.7 Å². The maximum Gasteiger partial charge on any atom is 0.416 e. The Morgan fingerprint density at radius 2 is 1.96 bits per heavy atom. The maximum atomic E-state index is 12.9. The Morgan fingerprint density at radius 3 is 2.61 bits per heavy atom. The molecule has 0 atom stereocenters. The molecule has 1 fully saturated rings. The molecule has 0 spiro atoms. The SMILES string of the molecule is Cc1ccc(C(F)(F)F)cc1NC(=O)NC1(c2ccnc(C#N)n2)CCCC1. The minimum Gasteiger partial charge on any atom is -0.327 e. The molecule has 3 rings (SSSR count). The number of anilines is 1. The highest BCUT2D eigenvalue weighted by Crippen LogP contribution is 2.38. The van der Waals surface area contributed by atoms with Crippen LogP contribution in [0.2, 0.25) is 0 Å². The van der Waals surface area contributed by atoms with Gasteiger partial charge in [0.1, 0.15) is 6.07 Å². The van der Waals surface area contributed by atoms with Crippen LogP contribution in [0.15, 0.2) is 30.5 Å². The minimum atomic E-state index is -4.50. The lowest BCUT2D eigenvalue weighted by Gasteiger charge is -2.30. The van der Waals surface area contributed by atoms with Crippen LogP contribution in [0.5, 0.6) is 0 Å². The molecule has 2 aromatic rings. The fourth-order valence-corrected chi connectivity index (χ4v) is 3.41. The van der Waals surface area contributed by atoms with Gasteiger partial charge in [0.2, 0.25) is 5.82 Å². The molecule has 146 valence electrons. The number of urea groups is 1. The first-order valence-electron chi connectivity index (χ1n) is 8.74. The number of aryl methyl sites for hydroxylation is 1. The van der Waals surface area contributed by atoms with E-state index in [1.54, 1.807) is 13.0 Å². The van der Waals surface area contributed by atoms with E-state index in [0.29, 0.717) is 24.1 Å². The van der Waals surface area contributed by atoms with Gasteiger partial charge >= 0.3 is 12.2 Å². The number of nitrogens with zero attached hydrogens (tertiary/aromatic N) is 3. The second kappa shape index (κ2) is 7.46. The third-order valence-electron chi connectivity index (χ3n) is 4.87. The lowest BCUT2D eigenvalue weighted by atomic mass is 9.93. The first kappa shape index (κ1) is 19.6. The summed E-state index contributed by atoms with van der Waals surface area (Å²) < 4.78 is 38.8. The van der Waals surface area contributed by atoms with Gasteiger partial charge in [-0.25, -0.2) is 14.8 Å². The monoisotopic (exact) mass is 389 g/mol. The van der Waals surface area contributed by atoms with Gasteiger partial charge < -0.3 is 10.6 Å². The molecule has 9 heteroatoms. The molecule has 1 heterocycles. The second-order valence-corrected chi connectivity index (χ2v) is 6.77. The smallest absolute Gasteiger partial charge is 0.327 e. The number of nitriles is 1. The summed E-state index contributed by atoms with van der Waals surface area (Å²) in [7, 11) is 0. The van der Waals surface area contributed by atoms with Crippen molar-refractivity contribution in [3.05, 3.63) is 53.1 Å². The average molecular weight is 389 g/mol. The molecule has 0 saturated heterocycles. The lowest BCUT2D eigenvalue weighted by Crippen LogP contribution is -2.46. The summed E-state index contributed by atoms with van der Waals surface area (Å²) in [4.78, 5) is 20.7. The number of rotatable bonds is 3. The van der Waals surface area contributed by atoms with Crippen LogP contribution in [0.1, 0.15) is 48.3 Å². The Kier molecular flexibility index (Phi) is 5.23. The molecule has 0 radical (unpaired) electrons. The van der Waals surface area contributed by atoms with Crippen LogP contribution in [-0.2, 0) is 11.7 Å². The second-order valence-electron chi connectivity index (χ2n) is 6.77. The molecule has 1 aromatic heterocycles. The Balaban J connectivity index is 1.84. The molecule has 1 aromatic carbocycles. The van der Waals surface area contributed by atoms with Gasteiger partial charge in [-0.1, -0.05) is 18.9 Å². The summed E-state index contributed by atoms with van der Waals surface area (Å²) in [5.74, 6) is -0.000272. The Labute approximate surface area is 159 Å². The first-order valence-corrected chi connectivity index (χ1v) is 8.74. The van der Waals surface area contributed by atoms with Gasteiger partial charge in [-0.2, -0.15) is 18.4 Å². The molecule has 1 aliphatic carbocycles. The van der Waals surface area contributed by atoms with Crippen molar-refractivity contribution in [2.75, 3.05) is 5.32 Å². The Morgan fingerprint density at radius 1 is 1.25 bits per heavy atom. The third kappa shape index (κ3) is 4.06. The van der Waals surface area contributed by atoms with Gasteiger partial charge in [0.25, 0.3) is 0 Å². The predicted molar refractivity (Wildman–Crippen MR) is 95.2 cm³/mol. The van der Waals surface area contributed by atoms with E-state index in [0.717, 1.165) is 25.0 Å². The molecule has 6 nitrogen and oxygen atoms in total. The summed E-state index contributed by atoms with van der Waals surface area (Å²) in [6, 6.07) is 6.09. The van der Waals surface area contributed by atoms with Crippen LogP contribution in [0.3, 0.4) is 0 Å². The summed E-state index contributed by atoms with van der Waals surface area (Å²) in [5.41, 5.74) is -0.502. The number of alkyl halides is 3. The van der Waals surface area contributed by atoms with Crippen molar-refractivity contribution in [3.8, 4) is 6.07 Å². The number of hydrogen-bond donors (Lipinski definition) is 2. The van der Waals surface area contributed by atoms with Gasteiger partial charge in [0.05, 0.1) is 16.8 Å². The summed E-state index contributed by atoms with van der Waals surface area (Å²) in [6.07, 6.45) is -0.101. The molecule has 0 aliphatic heterocycles. The number of halogens is 3. The molecular weight excluding hydrogens is 371 g/mol. The number of carbonyl (C=O) groups is 1. The Bertz CT molecular complexity index is 930. The minimum absolute atomic E-state index is 0.000272. The maximum absolute atomic E-state index is 12.9. The van der Waals surface area contributed by atoms with Crippen molar-refractivity contribution in [1.29, 1.82) is 5.26 Å². The molecular formula is C19H18F3N5O. The average Bonchev–Trinajstić information content (AvgIpc) is 3.12. The van der Waals surface area contributed by atoms with E-state index in [1.807, 2.05) is 6.07 Å². The molecule has 0 bridgehead atoms. The fraction of sp³-hybridized carbons (Fsp3) is 0.368. The topological polar surface area (TPSA) is 90.7 Å². The lowest BCUT2D eigenvalue weighted by molar-refractivity contribution is -0.137. The highest BCUT2D eigenvalue weighted by Gasteiger charge is 2.39. The number of carbonyl (C=O) groups excluding carboxylic acids is 1. The summed E-state index contributed by atoms with van der Waals surface area (Å²) in [6.45, 7) is 1.62. The van der Waals surface area contributed by atoms with Gasteiger partial charge in [-0.15, -0.1) is 0 Å². The summed E-state index contributed by atoms with van der Waals surface area (Å²) in [5, 5.41) is 14.4. The van der Waals surface area contributed by atoms with Crippen LogP contribution in [0.25, 0.3) is 0 Å². The van der Waals surface area contributed by atoms with Crippen LogP contribution in [0, 0.1) is 18.3 Å². The van der Waals surface area contributed by atoms with Gasteiger partial charge in [0, 0.05) is 11.9 Å². The zero-order valence-corrected chi connectivity index (χ0v) is 15.1. The molecule has 1 saturated carbocycles. The van der Waals surface area contributed by atoms with E-state index in [2.05, 4.69) is 20.6 Å². The molecule has 0 unspecified atom stereocenters. The molecule has 28 heavy (non-hydrogen) atoms. The number of benzene rings is 1. The first-order chi connectivity index (χ1) is 13.2.